The molecule has 5 nitrogen and oxygen atoms in total. The molecule has 1 saturated heterocycles. The van der Waals surface area contributed by atoms with Crippen LogP contribution in [0.2, 0.25) is 0 Å². The highest BCUT2D eigenvalue weighted by Gasteiger charge is 2.23. The highest BCUT2D eigenvalue weighted by molar-refractivity contribution is 7.21. The van der Waals surface area contributed by atoms with Crippen LogP contribution in [0.25, 0.3) is 20.9 Å². The van der Waals surface area contributed by atoms with Gasteiger partial charge in [0.25, 0.3) is 5.91 Å². The number of fused-ring (bicyclic) bond motifs is 1. The Morgan fingerprint density at radius 3 is 2.87 bits per heavy atom. The second-order valence-electron chi connectivity index (χ2n) is 5.41. The van der Waals surface area contributed by atoms with Crippen molar-refractivity contribution in [2.75, 3.05) is 11.9 Å². The predicted octanol–water partition coefficient (Wildman–Crippen LogP) is 3.48. The van der Waals surface area contributed by atoms with Gasteiger partial charge in [0.05, 0.1) is 0 Å². The number of thiazole rings is 1. The SMILES string of the molecule is O=C(Nc1ccc(-c2nc3cccnc3s2)cc1)[C@H]1CCCO1. The second-order valence-corrected chi connectivity index (χ2v) is 6.39. The van der Waals surface area contributed by atoms with Crippen molar-refractivity contribution in [3.05, 3.63) is 42.6 Å². The summed E-state index contributed by atoms with van der Waals surface area (Å²) in [6, 6.07) is 11.5. The third kappa shape index (κ3) is 2.95. The largest absolute Gasteiger partial charge is 0.368 e. The van der Waals surface area contributed by atoms with Crippen molar-refractivity contribution in [2.45, 2.75) is 18.9 Å². The summed E-state index contributed by atoms with van der Waals surface area (Å²) in [6.45, 7) is 0.669. The van der Waals surface area contributed by atoms with Crippen LogP contribution in [0.5, 0.6) is 0 Å². The summed E-state index contributed by atoms with van der Waals surface area (Å²) in [4.78, 5) is 21.9. The van der Waals surface area contributed by atoms with E-state index in [2.05, 4.69) is 15.3 Å². The normalized spacial score (nSPS) is 17.5. The first kappa shape index (κ1) is 14.3. The lowest BCUT2D eigenvalue weighted by Gasteiger charge is -2.10. The molecule has 1 amide bonds. The first-order valence-corrected chi connectivity index (χ1v) is 8.36. The summed E-state index contributed by atoms with van der Waals surface area (Å²) in [5.74, 6) is -0.0700. The molecule has 0 bridgehead atoms. The predicted molar refractivity (Wildman–Crippen MR) is 90.5 cm³/mol. The second kappa shape index (κ2) is 6.06. The van der Waals surface area contributed by atoms with E-state index in [-0.39, 0.29) is 12.0 Å². The van der Waals surface area contributed by atoms with E-state index in [0.29, 0.717) is 6.61 Å². The lowest BCUT2D eigenvalue weighted by Crippen LogP contribution is -2.26. The number of benzene rings is 1. The van der Waals surface area contributed by atoms with Gasteiger partial charge >= 0.3 is 0 Å². The van der Waals surface area contributed by atoms with E-state index >= 15 is 0 Å². The van der Waals surface area contributed by atoms with Crippen LogP contribution in [0.4, 0.5) is 5.69 Å². The molecule has 1 atom stereocenters. The minimum atomic E-state index is -0.315. The molecule has 0 unspecified atom stereocenters. The van der Waals surface area contributed by atoms with Crippen LogP contribution < -0.4 is 5.32 Å². The number of carbonyl (C=O) groups excluding carboxylic acids is 1. The molecule has 1 fully saturated rings. The van der Waals surface area contributed by atoms with Crippen molar-refractivity contribution >= 4 is 33.3 Å². The first-order valence-electron chi connectivity index (χ1n) is 7.54. The molecule has 6 heteroatoms. The molecule has 0 aliphatic carbocycles. The Labute approximate surface area is 137 Å². The van der Waals surface area contributed by atoms with Crippen LogP contribution in [-0.4, -0.2) is 28.6 Å². The summed E-state index contributed by atoms with van der Waals surface area (Å²) >= 11 is 1.56. The van der Waals surface area contributed by atoms with Crippen molar-refractivity contribution in [3.8, 4) is 10.6 Å². The zero-order chi connectivity index (χ0) is 15.6. The van der Waals surface area contributed by atoms with Crippen LogP contribution in [0, 0.1) is 0 Å². The number of nitrogens with one attached hydrogen (secondary N) is 1. The smallest absolute Gasteiger partial charge is 0.253 e. The third-order valence-corrected chi connectivity index (χ3v) is 4.82. The summed E-state index contributed by atoms with van der Waals surface area (Å²) in [5, 5.41) is 3.82. The Bertz CT molecular complexity index is 805. The van der Waals surface area contributed by atoms with E-state index in [1.165, 1.54) is 0 Å². The number of nitrogens with zero attached hydrogens (tertiary/aromatic N) is 2. The molecular formula is C17H15N3O2S. The van der Waals surface area contributed by atoms with Crippen LogP contribution in [0.1, 0.15) is 12.8 Å². The van der Waals surface area contributed by atoms with Crippen LogP contribution >= 0.6 is 11.3 Å². The number of ether oxygens (including phenoxy) is 1. The lowest BCUT2D eigenvalue weighted by atomic mass is 10.2. The molecule has 0 spiro atoms. The zero-order valence-corrected chi connectivity index (χ0v) is 13.2. The monoisotopic (exact) mass is 325 g/mol. The Balaban J connectivity index is 1.52. The molecule has 0 saturated carbocycles. The summed E-state index contributed by atoms with van der Waals surface area (Å²) in [7, 11) is 0. The van der Waals surface area contributed by atoms with Gasteiger partial charge in [-0.15, -0.1) is 0 Å². The fourth-order valence-corrected chi connectivity index (χ4v) is 3.51. The average molecular weight is 325 g/mol. The number of hydrogen-bond acceptors (Lipinski definition) is 5. The number of aromatic nitrogens is 2. The number of rotatable bonds is 3. The van der Waals surface area contributed by atoms with E-state index in [1.54, 1.807) is 17.5 Å². The van der Waals surface area contributed by atoms with Gasteiger partial charge in [-0.25, -0.2) is 9.97 Å². The maximum atomic E-state index is 12.0. The molecule has 0 radical (unpaired) electrons. The fraction of sp³-hybridized carbons (Fsp3) is 0.235. The van der Waals surface area contributed by atoms with Gasteiger partial charge in [0.15, 0.2) is 0 Å². The highest BCUT2D eigenvalue weighted by Crippen LogP contribution is 2.29. The number of pyridine rings is 1. The van der Waals surface area contributed by atoms with E-state index < -0.39 is 0 Å². The number of anilines is 1. The van der Waals surface area contributed by atoms with Gasteiger partial charge in [-0.1, -0.05) is 11.3 Å². The highest BCUT2D eigenvalue weighted by atomic mass is 32.1. The van der Waals surface area contributed by atoms with Gasteiger partial charge in [0.2, 0.25) is 0 Å². The summed E-state index contributed by atoms with van der Waals surface area (Å²) in [5.41, 5.74) is 2.69. The van der Waals surface area contributed by atoms with Gasteiger partial charge in [-0.3, -0.25) is 4.79 Å². The van der Waals surface area contributed by atoms with E-state index in [4.69, 9.17) is 4.74 Å². The third-order valence-electron chi connectivity index (χ3n) is 3.79. The minimum Gasteiger partial charge on any atom is -0.368 e. The van der Waals surface area contributed by atoms with E-state index in [9.17, 15) is 4.79 Å². The molecule has 116 valence electrons. The van der Waals surface area contributed by atoms with Crippen molar-refractivity contribution in [1.29, 1.82) is 0 Å². The molecule has 1 aromatic carbocycles. The van der Waals surface area contributed by atoms with Crippen molar-refractivity contribution in [3.63, 3.8) is 0 Å². The van der Waals surface area contributed by atoms with Crippen LogP contribution in [0.15, 0.2) is 42.6 Å². The Kier molecular flexibility index (Phi) is 3.77. The van der Waals surface area contributed by atoms with Gasteiger partial charge in [-0.05, 0) is 49.2 Å². The van der Waals surface area contributed by atoms with E-state index in [1.807, 2.05) is 36.4 Å². The van der Waals surface area contributed by atoms with Crippen LogP contribution in [-0.2, 0) is 9.53 Å². The summed E-state index contributed by atoms with van der Waals surface area (Å²) in [6.07, 6.45) is 3.20. The molecule has 3 aromatic rings. The fourth-order valence-electron chi connectivity index (χ4n) is 2.60. The average Bonchev–Trinajstić information content (AvgIpc) is 3.25. The van der Waals surface area contributed by atoms with Crippen molar-refractivity contribution in [2.24, 2.45) is 0 Å². The molecular weight excluding hydrogens is 310 g/mol. The quantitative estimate of drug-likeness (QED) is 0.801. The minimum absolute atomic E-state index is 0.0700. The maximum Gasteiger partial charge on any atom is 0.253 e. The van der Waals surface area contributed by atoms with Gasteiger partial charge < -0.3 is 10.1 Å². The number of amides is 1. The topological polar surface area (TPSA) is 64.1 Å². The number of carbonyl (C=O) groups is 1. The van der Waals surface area contributed by atoms with Crippen molar-refractivity contribution in [1.82, 2.24) is 9.97 Å². The first-order chi connectivity index (χ1) is 11.3. The molecule has 1 aliphatic heterocycles. The van der Waals surface area contributed by atoms with Gasteiger partial charge in [-0.2, -0.15) is 0 Å². The van der Waals surface area contributed by atoms with Gasteiger partial charge in [0, 0.05) is 24.1 Å². The van der Waals surface area contributed by atoms with Gasteiger partial charge in [0.1, 0.15) is 21.5 Å². The van der Waals surface area contributed by atoms with Crippen LogP contribution in [0.3, 0.4) is 0 Å². The molecule has 1 N–H and O–H groups in total. The maximum absolute atomic E-state index is 12.0. The van der Waals surface area contributed by atoms with E-state index in [0.717, 1.165) is 39.4 Å². The number of hydrogen-bond donors (Lipinski definition) is 1. The summed E-state index contributed by atoms with van der Waals surface area (Å²) < 4.78 is 5.39. The van der Waals surface area contributed by atoms with Crippen molar-refractivity contribution < 1.29 is 9.53 Å². The molecule has 3 heterocycles. The Hall–Kier alpha value is -2.31. The molecule has 2 aromatic heterocycles. The molecule has 23 heavy (non-hydrogen) atoms. The Morgan fingerprint density at radius 1 is 1.26 bits per heavy atom. The molecule has 1 aliphatic rings. The standard InChI is InChI=1S/C17H15N3O2S/c21-15(14-4-2-10-22-14)19-12-7-5-11(6-8-12)16-20-13-3-1-9-18-17(13)23-16/h1,3,5-9,14H,2,4,10H2,(H,19,21)/t14-/m1/s1. The zero-order valence-electron chi connectivity index (χ0n) is 12.4. The lowest BCUT2D eigenvalue weighted by molar-refractivity contribution is -0.124. The molecule has 4 rings (SSSR count). The Morgan fingerprint density at radius 2 is 2.13 bits per heavy atom.